The highest BCUT2D eigenvalue weighted by atomic mass is 15.1. The van der Waals surface area contributed by atoms with Crippen molar-refractivity contribution in [2.24, 2.45) is 0 Å². The van der Waals surface area contributed by atoms with E-state index in [-0.39, 0.29) is 0 Å². The standard InChI is InChI=1S/C24H37N/c1-6-9-10-11-12-13-15-22-16-17-24(23(8-3)20-22)18-19-25(5)21(4)14-7-2/h8,16-17,20-21H,3,6-7,9-12,14,18-19H2,1-2,4-5H3. The molecule has 0 radical (unpaired) electrons. The van der Waals surface area contributed by atoms with Crippen molar-refractivity contribution < 1.29 is 0 Å². The lowest BCUT2D eigenvalue weighted by Crippen LogP contribution is -2.30. The molecular formula is C24H37N. The van der Waals surface area contributed by atoms with Crippen molar-refractivity contribution in [3.8, 4) is 11.8 Å². The normalized spacial score (nSPS) is 11.9. The van der Waals surface area contributed by atoms with Gasteiger partial charge in [0.15, 0.2) is 0 Å². The van der Waals surface area contributed by atoms with Crippen LogP contribution in [-0.2, 0) is 6.42 Å². The van der Waals surface area contributed by atoms with E-state index in [0.717, 1.165) is 24.9 Å². The molecular weight excluding hydrogens is 302 g/mol. The fraction of sp³-hybridized carbons (Fsp3) is 0.583. The van der Waals surface area contributed by atoms with Crippen LogP contribution < -0.4 is 0 Å². The Morgan fingerprint density at radius 2 is 1.96 bits per heavy atom. The van der Waals surface area contributed by atoms with Gasteiger partial charge in [-0.05, 0) is 56.5 Å². The van der Waals surface area contributed by atoms with E-state index in [1.807, 2.05) is 6.08 Å². The number of benzene rings is 1. The Morgan fingerprint density at radius 3 is 2.64 bits per heavy atom. The molecule has 0 aliphatic carbocycles. The second-order valence-electron chi connectivity index (χ2n) is 7.10. The number of hydrogen-bond donors (Lipinski definition) is 0. The highest BCUT2D eigenvalue weighted by molar-refractivity contribution is 5.56. The smallest absolute Gasteiger partial charge is 0.0251 e. The summed E-state index contributed by atoms with van der Waals surface area (Å²) in [6, 6.07) is 7.24. The second-order valence-corrected chi connectivity index (χ2v) is 7.10. The van der Waals surface area contributed by atoms with Gasteiger partial charge < -0.3 is 4.90 Å². The molecule has 0 aliphatic rings. The van der Waals surface area contributed by atoms with Gasteiger partial charge in [0, 0.05) is 24.6 Å². The minimum atomic E-state index is 0.648. The predicted octanol–water partition coefficient (Wildman–Crippen LogP) is 6.31. The van der Waals surface area contributed by atoms with Crippen LogP contribution in [0.5, 0.6) is 0 Å². The third-order valence-corrected chi connectivity index (χ3v) is 4.95. The van der Waals surface area contributed by atoms with Crippen LogP contribution in [-0.4, -0.2) is 24.5 Å². The van der Waals surface area contributed by atoms with E-state index in [4.69, 9.17) is 0 Å². The van der Waals surface area contributed by atoms with E-state index in [2.05, 4.69) is 69.3 Å². The molecule has 1 aromatic rings. The van der Waals surface area contributed by atoms with Gasteiger partial charge in [-0.25, -0.2) is 0 Å². The molecule has 1 unspecified atom stereocenters. The zero-order valence-corrected chi connectivity index (χ0v) is 16.9. The summed E-state index contributed by atoms with van der Waals surface area (Å²) >= 11 is 0. The lowest BCUT2D eigenvalue weighted by atomic mass is 10.0. The van der Waals surface area contributed by atoms with Crippen LogP contribution in [0.1, 0.15) is 82.4 Å². The quantitative estimate of drug-likeness (QED) is 0.337. The molecule has 0 amide bonds. The van der Waals surface area contributed by atoms with Crippen molar-refractivity contribution in [2.75, 3.05) is 13.6 Å². The van der Waals surface area contributed by atoms with E-state index in [9.17, 15) is 0 Å². The summed E-state index contributed by atoms with van der Waals surface area (Å²) in [4.78, 5) is 2.46. The first-order chi connectivity index (χ1) is 12.1. The van der Waals surface area contributed by atoms with Crippen LogP contribution in [0.3, 0.4) is 0 Å². The molecule has 0 fully saturated rings. The Kier molecular flexibility index (Phi) is 11.0. The van der Waals surface area contributed by atoms with Gasteiger partial charge in [0.1, 0.15) is 0 Å². The van der Waals surface area contributed by atoms with Crippen LogP contribution in [0, 0.1) is 11.8 Å². The molecule has 0 aliphatic heterocycles. The summed E-state index contributed by atoms with van der Waals surface area (Å²) in [7, 11) is 2.23. The molecule has 1 atom stereocenters. The topological polar surface area (TPSA) is 3.24 Å². The van der Waals surface area contributed by atoms with Gasteiger partial charge in [-0.1, -0.05) is 70.1 Å². The lowest BCUT2D eigenvalue weighted by Gasteiger charge is -2.24. The molecule has 1 nitrogen and oxygen atoms in total. The van der Waals surface area contributed by atoms with Crippen molar-refractivity contribution >= 4 is 6.08 Å². The number of hydrogen-bond acceptors (Lipinski definition) is 1. The summed E-state index contributed by atoms with van der Waals surface area (Å²) in [5.41, 5.74) is 3.72. The molecule has 0 aromatic heterocycles. The van der Waals surface area contributed by atoms with E-state index < -0.39 is 0 Å². The Hall–Kier alpha value is -1.52. The van der Waals surface area contributed by atoms with Gasteiger partial charge in [-0.3, -0.25) is 0 Å². The first kappa shape index (κ1) is 21.5. The van der Waals surface area contributed by atoms with Crippen molar-refractivity contribution in [3.63, 3.8) is 0 Å². The zero-order chi connectivity index (χ0) is 18.5. The van der Waals surface area contributed by atoms with Crippen molar-refractivity contribution in [1.29, 1.82) is 0 Å². The molecule has 25 heavy (non-hydrogen) atoms. The average molecular weight is 340 g/mol. The van der Waals surface area contributed by atoms with Crippen LogP contribution in [0.25, 0.3) is 6.08 Å². The zero-order valence-electron chi connectivity index (χ0n) is 16.9. The fourth-order valence-electron chi connectivity index (χ4n) is 3.05. The van der Waals surface area contributed by atoms with Crippen LogP contribution in [0.4, 0.5) is 0 Å². The van der Waals surface area contributed by atoms with Crippen molar-refractivity contribution in [2.45, 2.75) is 78.2 Å². The maximum Gasteiger partial charge on any atom is 0.0251 e. The summed E-state index contributed by atoms with van der Waals surface area (Å²) in [6.07, 6.45) is 11.7. The first-order valence-electron chi connectivity index (χ1n) is 10.1. The molecule has 1 heteroatoms. The number of likely N-dealkylation sites (N-methyl/N-ethyl adjacent to an activating group) is 1. The van der Waals surface area contributed by atoms with Crippen LogP contribution in [0.15, 0.2) is 24.8 Å². The van der Waals surface area contributed by atoms with E-state index in [1.165, 1.54) is 49.7 Å². The molecule has 0 bridgehead atoms. The summed E-state index contributed by atoms with van der Waals surface area (Å²) in [5, 5.41) is 0. The van der Waals surface area contributed by atoms with E-state index in [1.54, 1.807) is 0 Å². The molecule has 0 saturated heterocycles. The maximum absolute atomic E-state index is 3.99. The minimum absolute atomic E-state index is 0.648. The van der Waals surface area contributed by atoms with Gasteiger partial charge in [0.25, 0.3) is 0 Å². The van der Waals surface area contributed by atoms with Crippen LogP contribution >= 0.6 is 0 Å². The summed E-state index contributed by atoms with van der Waals surface area (Å²) < 4.78 is 0. The van der Waals surface area contributed by atoms with Gasteiger partial charge in [-0.2, -0.15) is 0 Å². The Morgan fingerprint density at radius 1 is 1.16 bits per heavy atom. The van der Waals surface area contributed by atoms with Crippen molar-refractivity contribution in [1.82, 2.24) is 4.90 Å². The Labute approximate surface area is 156 Å². The SMILES string of the molecule is C=Cc1cc(C#CCCCCCC)ccc1CCN(C)C(C)CCC. The van der Waals surface area contributed by atoms with E-state index in [0.29, 0.717) is 6.04 Å². The average Bonchev–Trinajstić information content (AvgIpc) is 2.63. The fourth-order valence-corrected chi connectivity index (χ4v) is 3.05. The predicted molar refractivity (Wildman–Crippen MR) is 113 cm³/mol. The van der Waals surface area contributed by atoms with Gasteiger partial charge >= 0.3 is 0 Å². The third-order valence-electron chi connectivity index (χ3n) is 4.95. The molecule has 1 rings (SSSR count). The largest absolute Gasteiger partial charge is 0.303 e. The van der Waals surface area contributed by atoms with Crippen molar-refractivity contribution in [3.05, 3.63) is 41.5 Å². The van der Waals surface area contributed by atoms with Gasteiger partial charge in [0.05, 0.1) is 0 Å². The second kappa shape index (κ2) is 12.8. The van der Waals surface area contributed by atoms with Crippen LogP contribution in [0.2, 0.25) is 0 Å². The molecule has 138 valence electrons. The minimum Gasteiger partial charge on any atom is -0.303 e. The maximum atomic E-state index is 3.99. The number of rotatable bonds is 11. The molecule has 0 saturated carbocycles. The number of unbranched alkanes of at least 4 members (excludes halogenated alkanes) is 4. The van der Waals surface area contributed by atoms with E-state index >= 15 is 0 Å². The Bertz CT molecular complexity index is 561. The summed E-state index contributed by atoms with van der Waals surface area (Å²) in [6.45, 7) is 11.9. The molecule has 0 spiro atoms. The first-order valence-corrected chi connectivity index (χ1v) is 10.1. The highest BCUT2D eigenvalue weighted by Gasteiger charge is 2.09. The number of nitrogens with zero attached hydrogens (tertiary/aromatic N) is 1. The lowest BCUT2D eigenvalue weighted by molar-refractivity contribution is 0.248. The summed E-state index contributed by atoms with van der Waals surface area (Å²) in [5.74, 6) is 6.63. The molecule has 1 aromatic carbocycles. The monoisotopic (exact) mass is 339 g/mol. The van der Waals surface area contributed by atoms with Gasteiger partial charge in [-0.15, -0.1) is 0 Å². The van der Waals surface area contributed by atoms with Gasteiger partial charge in [0.2, 0.25) is 0 Å². The Balaban J connectivity index is 2.60. The molecule has 0 N–H and O–H groups in total. The third kappa shape index (κ3) is 8.41. The highest BCUT2D eigenvalue weighted by Crippen LogP contribution is 2.15. The molecule has 0 heterocycles.